The number of hydrogen-bond donors (Lipinski definition) is 3. The average Bonchev–Trinajstić information content (AvgIpc) is 3.48. The van der Waals surface area contributed by atoms with Gasteiger partial charge in [0, 0.05) is 28.4 Å². The van der Waals surface area contributed by atoms with Crippen LogP contribution < -0.4 is 15.8 Å². The quantitative estimate of drug-likeness (QED) is 0.305. The molecule has 0 bridgehead atoms. The van der Waals surface area contributed by atoms with Crippen molar-refractivity contribution in [3.05, 3.63) is 34.5 Å². The molecular weight excluding hydrogens is 428 g/mol. The Hall–Kier alpha value is -3.24. The van der Waals surface area contributed by atoms with E-state index in [1.54, 1.807) is 30.8 Å². The van der Waals surface area contributed by atoms with Crippen LogP contribution >= 0.6 is 11.3 Å². The highest BCUT2D eigenvalue weighted by atomic mass is 32.1. The lowest BCUT2D eigenvalue weighted by Crippen LogP contribution is -2.13. The Bertz CT molecular complexity index is 1130. The number of thiophene rings is 1. The first-order chi connectivity index (χ1) is 15.6. The molecule has 0 atom stereocenters. The second-order valence-corrected chi connectivity index (χ2v) is 8.58. The minimum absolute atomic E-state index is 0.512. The van der Waals surface area contributed by atoms with Crippen LogP contribution in [0.15, 0.2) is 18.5 Å². The van der Waals surface area contributed by atoms with Gasteiger partial charge in [0.15, 0.2) is 0 Å². The van der Waals surface area contributed by atoms with Crippen molar-refractivity contribution < 1.29 is 14.4 Å². The summed E-state index contributed by atoms with van der Waals surface area (Å²) in [5, 5.41) is 13.3. The number of fused-ring (bicyclic) bond motifs is 3. The maximum atomic E-state index is 9.81. The molecule has 1 fully saturated rings. The molecule has 1 aliphatic carbocycles. The second kappa shape index (κ2) is 9.92. The number of rotatable bonds is 5. The number of hydroxylamine groups is 2. The Morgan fingerprint density at radius 2 is 2.12 bits per heavy atom. The molecule has 0 unspecified atom stereocenters. The monoisotopic (exact) mass is 454 g/mol. The number of carbonyl (C=O) groups is 1. The Kier molecular flexibility index (Phi) is 6.81. The number of aromatic nitrogens is 2. The van der Waals surface area contributed by atoms with Crippen LogP contribution in [-0.2, 0) is 22.5 Å². The molecule has 168 valence electrons. The smallest absolute Gasteiger partial charge is 0.233 e. The minimum Gasteiger partial charge on any atom is -0.494 e. The summed E-state index contributed by atoms with van der Waals surface area (Å²) in [6.45, 7) is 1.45. The van der Waals surface area contributed by atoms with Gasteiger partial charge in [-0.2, -0.15) is 0 Å². The lowest BCUT2D eigenvalue weighted by atomic mass is 9.97. The topological polar surface area (TPSA) is 126 Å². The molecule has 0 spiro atoms. The Balaban J connectivity index is 0.000000300. The van der Waals surface area contributed by atoms with Gasteiger partial charge in [-0.25, -0.2) is 15.0 Å². The number of nitrogen functional groups attached to an aromatic ring is 1. The molecule has 2 aromatic heterocycles. The van der Waals surface area contributed by atoms with Crippen molar-refractivity contribution in [2.45, 2.75) is 32.1 Å². The summed E-state index contributed by atoms with van der Waals surface area (Å²) in [6, 6.07) is 3.54. The number of nitrogens with two attached hydrogens (primary N) is 1. The first-order valence-electron chi connectivity index (χ1n) is 10.5. The summed E-state index contributed by atoms with van der Waals surface area (Å²) in [4.78, 5) is 26.0. The van der Waals surface area contributed by atoms with Crippen LogP contribution in [0, 0.1) is 5.41 Å². The number of carbonyl (C=O) groups excluding carboxylic acids is 1. The Labute approximate surface area is 190 Å². The molecule has 5 rings (SSSR count). The molecule has 0 saturated carbocycles. The Morgan fingerprint density at radius 1 is 1.28 bits per heavy atom. The summed E-state index contributed by atoms with van der Waals surface area (Å²) < 4.78 is 5.45. The highest BCUT2D eigenvalue weighted by molar-refractivity contribution is 7.19. The van der Waals surface area contributed by atoms with Crippen LogP contribution in [-0.4, -0.2) is 47.9 Å². The van der Waals surface area contributed by atoms with Gasteiger partial charge in [-0.05, 0) is 43.7 Å². The standard InChI is InChI=1S/C18H19N5OS.C4H7NO2/c1-24-14-7-12(20)10(8-19)6-13(14)23-17-16-11-4-2-3-5-15(11)25-18(16)22-9-21-17;6-4-5-2-1-3-7-5/h6-9,19H,2-5,20H2,1H3,(H,21,22,23);4H,1-3H2. The molecule has 0 radical (unpaired) electrons. The molecule has 3 aromatic rings. The first-order valence-corrected chi connectivity index (χ1v) is 11.3. The molecule has 1 aromatic carbocycles. The van der Waals surface area contributed by atoms with Gasteiger partial charge in [0.25, 0.3) is 0 Å². The molecule has 1 saturated heterocycles. The van der Waals surface area contributed by atoms with Crippen molar-refractivity contribution in [1.82, 2.24) is 15.0 Å². The number of ether oxygens (including phenoxy) is 1. The summed E-state index contributed by atoms with van der Waals surface area (Å²) in [5.74, 6) is 1.40. The zero-order chi connectivity index (χ0) is 22.5. The number of aryl methyl sites for hydroxylation is 2. The summed E-state index contributed by atoms with van der Waals surface area (Å²) in [6.07, 6.45) is 9.14. The van der Waals surface area contributed by atoms with E-state index in [4.69, 9.17) is 20.7 Å². The second-order valence-electron chi connectivity index (χ2n) is 7.50. The third kappa shape index (κ3) is 4.51. The van der Waals surface area contributed by atoms with Gasteiger partial charge < -0.3 is 21.2 Å². The number of nitrogens with zero attached hydrogens (tertiary/aromatic N) is 3. The zero-order valence-electron chi connectivity index (χ0n) is 17.9. The maximum Gasteiger partial charge on any atom is 0.233 e. The van der Waals surface area contributed by atoms with Gasteiger partial charge >= 0.3 is 0 Å². The van der Waals surface area contributed by atoms with E-state index in [2.05, 4.69) is 15.3 Å². The van der Waals surface area contributed by atoms with Crippen LogP contribution in [0.25, 0.3) is 10.2 Å². The van der Waals surface area contributed by atoms with E-state index in [-0.39, 0.29) is 0 Å². The lowest BCUT2D eigenvalue weighted by Gasteiger charge is -2.15. The van der Waals surface area contributed by atoms with Gasteiger partial charge in [0.1, 0.15) is 22.7 Å². The molecule has 1 aliphatic heterocycles. The Morgan fingerprint density at radius 3 is 2.81 bits per heavy atom. The predicted molar refractivity (Wildman–Crippen MR) is 126 cm³/mol. The van der Waals surface area contributed by atoms with E-state index in [1.807, 2.05) is 6.07 Å². The molecule has 32 heavy (non-hydrogen) atoms. The van der Waals surface area contributed by atoms with E-state index in [0.717, 1.165) is 47.5 Å². The van der Waals surface area contributed by atoms with E-state index in [9.17, 15) is 4.79 Å². The van der Waals surface area contributed by atoms with Crippen LogP contribution in [0.2, 0.25) is 0 Å². The molecule has 3 heterocycles. The van der Waals surface area contributed by atoms with E-state index >= 15 is 0 Å². The van der Waals surface area contributed by atoms with Gasteiger partial charge in [-0.3, -0.25) is 9.63 Å². The largest absolute Gasteiger partial charge is 0.494 e. The van der Waals surface area contributed by atoms with Crippen molar-refractivity contribution in [1.29, 1.82) is 5.41 Å². The van der Waals surface area contributed by atoms with E-state index in [1.165, 1.54) is 34.6 Å². The van der Waals surface area contributed by atoms with E-state index < -0.39 is 0 Å². The molecular formula is C22H26N6O3S. The number of amides is 1. The van der Waals surface area contributed by atoms with Crippen LogP contribution in [0.4, 0.5) is 17.2 Å². The number of benzene rings is 1. The zero-order valence-corrected chi connectivity index (χ0v) is 18.7. The normalized spacial score (nSPS) is 15.0. The van der Waals surface area contributed by atoms with Crippen LogP contribution in [0.5, 0.6) is 5.75 Å². The fraction of sp³-hybridized carbons (Fsp3) is 0.364. The third-order valence-corrected chi connectivity index (χ3v) is 6.66. The van der Waals surface area contributed by atoms with Gasteiger partial charge in [-0.15, -0.1) is 11.3 Å². The van der Waals surface area contributed by atoms with Gasteiger partial charge in [-0.1, -0.05) is 0 Å². The number of methoxy groups -OCH3 is 1. The van der Waals surface area contributed by atoms with Gasteiger partial charge in [0.05, 0.1) is 31.3 Å². The molecule has 1 amide bonds. The SMILES string of the molecule is COc1cc(N)c(C=N)cc1Nc1ncnc2sc3c(c12)CCCC3.O=CN1CCCO1. The lowest BCUT2D eigenvalue weighted by molar-refractivity contribution is -0.153. The fourth-order valence-electron chi connectivity index (χ4n) is 3.87. The van der Waals surface area contributed by atoms with Crippen molar-refractivity contribution >= 4 is 51.4 Å². The van der Waals surface area contributed by atoms with Crippen molar-refractivity contribution in [2.24, 2.45) is 0 Å². The number of hydrogen-bond acceptors (Lipinski definition) is 9. The molecule has 9 nitrogen and oxygen atoms in total. The first kappa shape index (κ1) is 22.0. The highest BCUT2D eigenvalue weighted by Gasteiger charge is 2.20. The van der Waals surface area contributed by atoms with E-state index in [0.29, 0.717) is 30.0 Å². The minimum atomic E-state index is 0.512. The summed E-state index contributed by atoms with van der Waals surface area (Å²) >= 11 is 1.77. The maximum absolute atomic E-state index is 9.81. The summed E-state index contributed by atoms with van der Waals surface area (Å²) in [5.41, 5.74) is 9.22. The van der Waals surface area contributed by atoms with Gasteiger partial charge in [0.2, 0.25) is 6.41 Å². The van der Waals surface area contributed by atoms with Crippen LogP contribution in [0.1, 0.15) is 35.3 Å². The van der Waals surface area contributed by atoms with Crippen molar-refractivity contribution in [3.8, 4) is 5.75 Å². The molecule has 4 N–H and O–H groups in total. The molecule has 10 heteroatoms. The highest BCUT2D eigenvalue weighted by Crippen LogP contribution is 2.40. The fourth-order valence-corrected chi connectivity index (χ4v) is 5.10. The third-order valence-electron chi connectivity index (χ3n) is 5.46. The van der Waals surface area contributed by atoms with Crippen molar-refractivity contribution in [2.75, 3.05) is 31.3 Å². The average molecular weight is 455 g/mol. The van der Waals surface area contributed by atoms with Crippen molar-refractivity contribution in [3.63, 3.8) is 0 Å². The molecule has 2 aliphatic rings. The predicted octanol–water partition coefficient (Wildman–Crippen LogP) is 3.68. The summed E-state index contributed by atoms with van der Waals surface area (Å²) in [7, 11) is 1.60. The van der Waals surface area contributed by atoms with Crippen LogP contribution in [0.3, 0.4) is 0 Å². The number of anilines is 3. The number of nitrogens with one attached hydrogen (secondary N) is 2.